The third-order valence-corrected chi connectivity index (χ3v) is 5.31. The number of aliphatic imine (C=N–C) groups is 1. The van der Waals surface area contributed by atoms with Crippen LogP contribution >= 0.6 is 0 Å². The summed E-state index contributed by atoms with van der Waals surface area (Å²) in [6.45, 7) is 3.27. The van der Waals surface area contributed by atoms with Crippen molar-refractivity contribution in [2.24, 2.45) is 16.1 Å². The van der Waals surface area contributed by atoms with E-state index in [1.807, 2.05) is 0 Å². The molecule has 1 aromatic rings. The zero-order valence-electron chi connectivity index (χ0n) is 14.3. The van der Waals surface area contributed by atoms with E-state index in [1.165, 1.54) is 19.3 Å². The number of carbonyl (C=O) groups excluding carboxylic acids is 1. The molecule has 24 heavy (non-hydrogen) atoms. The first-order valence-corrected chi connectivity index (χ1v) is 8.56. The van der Waals surface area contributed by atoms with E-state index in [4.69, 9.17) is 14.9 Å². The molecule has 0 aliphatic heterocycles. The molecule has 2 atom stereocenters. The van der Waals surface area contributed by atoms with Crippen LogP contribution in [0.1, 0.15) is 48.9 Å². The van der Waals surface area contributed by atoms with Crippen LogP contribution in [-0.2, 0) is 11.3 Å². The summed E-state index contributed by atoms with van der Waals surface area (Å²) in [6.07, 6.45) is 5.09. The number of hydrogen-bond donors (Lipinski definition) is 3. The fourth-order valence-electron chi connectivity index (χ4n) is 3.78. The third-order valence-electron chi connectivity index (χ3n) is 5.31. The third kappa shape index (κ3) is 3.00. The Kier molecular flexibility index (Phi) is 4.80. The molecule has 2 unspecified atom stereocenters. The molecule has 1 heterocycles. The van der Waals surface area contributed by atoms with Crippen molar-refractivity contribution in [3.63, 3.8) is 0 Å². The van der Waals surface area contributed by atoms with Crippen molar-refractivity contribution in [3.8, 4) is 0 Å². The Morgan fingerprint density at radius 1 is 1.50 bits per heavy atom. The van der Waals surface area contributed by atoms with E-state index in [2.05, 4.69) is 22.5 Å². The molecule has 0 radical (unpaired) electrons. The first-order chi connectivity index (χ1) is 11.6. The van der Waals surface area contributed by atoms with Crippen molar-refractivity contribution in [2.45, 2.75) is 51.3 Å². The zero-order chi connectivity index (χ0) is 17.2. The summed E-state index contributed by atoms with van der Waals surface area (Å²) in [6, 6.07) is 3.71. The highest BCUT2D eigenvalue weighted by Crippen LogP contribution is 2.57. The molecule has 2 aliphatic carbocycles. The number of amides is 1. The predicted octanol–water partition coefficient (Wildman–Crippen LogP) is 1.39. The second kappa shape index (κ2) is 6.84. The molecule has 0 bridgehead atoms. The summed E-state index contributed by atoms with van der Waals surface area (Å²) in [4.78, 5) is 15.3. The lowest BCUT2D eigenvalue weighted by Gasteiger charge is -2.61. The second-order valence-electron chi connectivity index (χ2n) is 6.52. The zero-order valence-corrected chi connectivity index (χ0v) is 14.3. The van der Waals surface area contributed by atoms with Crippen LogP contribution in [0.2, 0.25) is 0 Å². The van der Waals surface area contributed by atoms with Crippen LogP contribution in [0.25, 0.3) is 0 Å². The Morgan fingerprint density at radius 3 is 2.83 bits per heavy atom. The second-order valence-corrected chi connectivity index (χ2v) is 6.52. The van der Waals surface area contributed by atoms with Gasteiger partial charge in [-0.15, -0.1) is 0 Å². The van der Waals surface area contributed by atoms with Gasteiger partial charge in [-0.1, -0.05) is 6.42 Å². The molecule has 2 fully saturated rings. The van der Waals surface area contributed by atoms with Gasteiger partial charge in [-0.3, -0.25) is 9.79 Å². The summed E-state index contributed by atoms with van der Waals surface area (Å²) in [5.41, 5.74) is 5.46. The molecule has 1 amide bonds. The maximum absolute atomic E-state index is 11.1. The van der Waals surface area contributed by atoms with Crippen molar-refractivity contribution in [1.82, 2.24) is 10.6 Å². The topological polar surface area (TPSA) is 102 Å². The van der Waals surface area contributed by atoms with Gasteiger partial charge in [-0.2, -0.15) is 0 Å². The van der Waals surface area contributed by atoms with Gasteiger partial charge in [0.05, 0.1) is 12.6 Å². The van der Waals surface area contributed by atoms with Gasteiger partial charge in [0.15, 0.2) is 11.7 Å². The van der Waals surface area contributed by atoms with E-state index in [0.29, 0.717) is 24.5 Å². The molecule has 3 rings (SSSR count). The monoisotopic (exact) mass is 334 g/mol. The van der Waals surface area contributed by atoms with E-state index in [9.17, 15) is 4.79 Å². The Balaban J connectivity index is 1.53. The molecular weight excluding hydrogens is 308 g/mol. The summed E-state index contributed by atoms with van der Waals surface area (Å²) in [5, 5.41) is 6.73. The molecule has 0 aromatic carbocycles. The average Bonchev–Trinajstić information content (AvgIpc) is 2.97. The standard InChI is InChI=1S/C17H26N4O3/c1-3-23-14-9-13(17(14)7-4-8-17)21-16(19-2)20-10-11-5-6-12(24-11)15(18)22/h5-6,13-14H,3-4,7-10H2,1-2H3,(H2,18,22)(H2,19,20,21). The highest BCUT2D eigenvalue weighted by atomic mass is 16.5. The van der Waals surface area contributed by atoms with Crippen LogP contribution in [0.3, 0.4) is 0 Å². The molecule has 0 saturated heterocycles. The summed E-state index contributed by atoms with van der Waals surface area (Å²) < 4.78 is 11.2. The minimum Gasteiger partial charge on any atom is -0.454 e. The van der Waals surface area contributed by atoms with Gasteiger partial charge in [0.25, 0.3) is 5.91 Å². The molecule has 2 saturated carbocycles. The van der Waals surface area contributed by atoms with Gasteiger partial charge in [0.1, 0.15) is 5.76 Å². The maximum atomic E-state index is 11.1. The largest absolute Gasteiger partial charge is 0.454 e. The van der Waals surface area contributed by atoms with Crippen molar-refractivity contribution in [3.05, 3.63) is 23.7 Å². The van der Waals surface area contributed by atoms with Crippen LogP contribution in [-0.4, -0.2) is 37.7 Å². The number of hydrogen-bond acceptors (Lipinski definition) is 4. The summed E-state index contributed by atoms with van der Waals surface area (Å²) >= 11 is 0. The van der Waals surface area contributed by atoms with E-state index in [1.54, 1.807) is 19.2 Å². The number of nitrogens with two attached hydrogens (primary N) is 1. The first-order valence-electron chi connectivity index (χ1n) is 8.56. The molecule has 1 aromatic heterocycles. The highest BCUT2D eigenvalue weighted by molar-refractivity contribution is 5.89. The highest BCUT2D eigenvalue weighted by Gasteiger charge is 2.59. The predicted molar refractivity (Wildman–Crippen MR) is 90.7 cm³/mol. The number of rotatable bonds is 6. The summed E-state index contributed by atoms with van der Waals surface area (Å²) in [7, 11) is 1.75. The van der Waals surface area contributed by atoms with Crippen LogP contribution in [0.15, 0.2) is 21.5 Å². The van der Waals surface area contributed by atoms with Gasteiger partial charge >= 0.3 is 0 Å². The van der Waals surface area contributed by atoms with Gasteiger partial charge in [0.2, 0.25) is 0 Å². The van der Waals surface area contributed by atoms with E-state index in [-0.39, 0.29) is 11.2 Å². The number of nitrogens with zero attached hydrogens (tertiary/aromatic N) is 1. The summed E-state index contributed by atoms with van der Waals surface area (Å²) in [5.74, 6) is 0.984. The van der Waals surface area contributed by atoms with Gasteiger partial charge < -0.3 is 25.5 Å². The molecule has 2 aliphatic rings. The fraction of sp³-hybridized carbons (Fsp3) is 0.647. The Labute approximate surface area is 142 Å². The number of primary amides is 1. The quantitative estimate of drug-likeness (QED) is 0.539. The van der Waals surface area contributed by atoms with Crippen molar-refractivity contribution < 1.29 is 13.9 Å². The van der Waals surface area contributed by atoms with Gasteiger partial charge in [-0.25, -0.2) is 0 Å². The van der Waals surface area contributed by atoms with Crippen molar-refractivity contribution in [1.29, 1.82) is 0 Å². The van der Waals surface area contributed by atoms with Crippen LogP contribution < -0.4 is 16.4 Å². The number of carbonyl (C=O) groups is 1. The van der Waals surface area contributed by atoms with Gasteiger partial charge in [-0.05, 0) is 38.3 Å². The SMILES string of the molecule is CCOC1CC(NC(=NC)NCc2ccc(C(N)=O)o2)C12CCC2. The normalized spacial score (nSPS) is 25.0. The van der Waals surface area contributed by atoms with Crippen LogP contribution in [0.4, 0.5) is 0 Å². The van der Waals surface area contributed by atoms with Crippen molar-refractivity contribution >= 4 is 11.9 Å². The maximum Gasteiger partial charge on any atom is 0.284 e. The Hall–Kier alpha value is -2.02. The lowest BCUT2D eigenvalue weighted by Crippen LogP contribution is -2.68. The van der Waals surface area contributed by atoms with Gasteiger partial charge in [0, 0.05) is 25.1 Å². The average molecular weight is 334 g/mol. The number of guanidine groups is 1. The first kappa shape index (κ1) is 16.8. The van der Waals surface area contributed by atoms with Crippen LogP contribution in [0.5, 0.6) is 0 Å². The minimum atomic E-state index is -0.563. The molecule has 4 N–H and O–H groups in total. The lowest BCUT2D eigenvalue weighted by atomic mass is 9.51. The molecule has 1 spiro atoms. The smallest absolute Gasteiger partial charge is 0.284 e. The fourth-order valence-corrected chi connectivity index (χ4v) is 3.78. The van der Waals surface area contributed by atoms with E-state index >= 15 is 0 Å². The van der Waals surface area contributed by atoms with E-state index < -0.39 is 5.91 Å². The van der Waals surface area contributed by atoms with Crippen LogP contribution in [0, 0.1) is 5.41 Å². The van der Waals surface area contributed by atoms with Crippen molar-refractivity contribution in [2.75, 3.05) is 13.7 Å². The number of nitrogens with one attached hydrogen (secondary N) is 2. The molecular formula is C17H26N4O3. The number of ether oxygens (including phenoxy) is 1. The Morgan fingerprint density at radius 2 is 2.29 bits per heavy atom. The van der Waals surface area contributed by atoms with E-state index in [0.717, 1.165) is 19.0 Å². The minimum absolute atomic E-state index is 0.168. The Bertz CT molecular complexity index is 621. The number of furan rings is 1. The molecule has 132 valence electrons. The molecule has 7 nitrogen and oxygen atoms in total. The molecule has 7 heteroatoms. The lowest BCUT2D eigenvalue weighted by molar-refractivity contribution is -0.168.